The van der Waals surface area contributed by atoms with Gasteiger partial charge in [-0.05, 0) is 50.1 Å². The number of halogens is 1. The van der Waals surface area contributed by atoms with Crippen molar-refractivity contribution in [3.63, 3.8) is 0 Å². The summed E-state index contributed by atoms with van der Waals surface area (Å²) < 4.78 is 10.5. The largest absolute Gasteiger partial charge is 0.476 e. The molecule has 0 radical (unpaired) electrons. The zero-order chi connectivity index (χ0) is 16.0. The van der Waals surface area contributed by atoms with E-state index in [1.165, 1.54) is 6.08 Å². The van der Waals surface area contributed by atoms with Crippen molar-refractivity contribution in [2.45, 2.75) is 26.4 Å². The summed E-state index contributed by atoms with van der Waals surface area (Å²) in [7, 11) is 0. The Bertz CT molecular complexity index is 551. The Kier molecular flexibility index (Phi) is 5.72. The molecule has 0 aliphatic rings. The number of ether oxygens (including phenoxy) is 2. The van der Waals surface area contributed by atoms with E-state index in [9.17, 15) is 14.9 Å². The van der Waals surface area contributed by atoms with Gasteiger partial charge in [0.15, 0.2) is 5.60 Å². The van der Waals surface area contributed by atoms with Crippen LogP contribution in [0, 0.1) is 10.1 Å². The van der Waals surface area contributed by atoms with Crippen molar-refractivity contribution >= 4 is 23.6 Å². The van der Waals surface area contributed by atoms with Crippen molar-refractivity contribution in [1.82, 2.24) is 0 Å². The highest BCUT2D eigenvalue weighted by Gasteiger charge is 2.31. The van der Waals surface area contributed by atoms with E-state index in [0.717, 1.165) is 0 Å². The maximum atomic E-state index is 11.7. The molecule has 114 valence electrons. The summed E-state index contributed by atoms with van der Waals surface area (Å²) in [6.45, 7) is 5.19. The second-order valence-electron chi connectivity index (χ2n) is 4.63. The molecule has 1 rings (SSSR count). The molecule has 0 amide bonds. The van der Waals surface area contributed by atoms with Gasteiger partial charge in [0, 0.05) is 6.08 Å². The maximum Gasteiger partial charge on any atom is 0.349 e. The van der Waals surface area contributed by atoms with Crippen LogP contribution in [0.2, 0.25) is 0 Å². The van der Waals surface area contributed by atoms with Crippen LogP contribution in [-0.2, 0) is 9.53 Å². The van der Waals surface area contributed by atoms with Crippen LogP contribution in [-0.4, -0.2) is 23.1 Å². The highest BCUT2D eigenvalue weighted by Crippen LogP contribution is 2.21. The van der Waals surface area contributed by atoms with E-state index in [0.29, 0.717) is 11.3 Å². The minimum Gasteiger partial charge on any atom is -0.476 e. The number of hydrogen-bond donors (Lipinski definition) is 0. The van der Waals surface area contributed by atoms with Crippen LogP contribution in [0.4, 0.5) is 0 Å². The predicted molar refractivity (Wildman–Crippen MR) is 78.6 cm³/mol. The topological polar surface area (TPSA) is 78.7 Å². The van der Waals surface area contributed by atoms with Crippen molar-refractivity contribution in [2.24, 2.45) is 0 Å². The first-order valence-electron chi connectivity index (χ1n) is 6.24. The number of nitro groups is 1. The van der Waals surface area contributed by atoms with Gasteiger partial charge in [0.05, 0.1) is 11.5 Å². The first-order chi connectivity index (χ1) is 9.76. The average Bonchev–Trinajstić information content (AvgIpc) is 2.40. The van der Waals surface area contributed by atoms with Gasteiger partial charge in [-0.3, -0.25) is 10.1 Å². The smallest absolute Gasteiger partial charge is 0.349 e. The van der Waals surface area contributed by atoms with Crippen LogP contribution in [0.3, 0.4) is 0 Å². The lowest BCUT2D eigenvalue weighted by atomic mass is 10.1. The molecule has 0 fully saturated rings. The minimum absolute atomic E-state index is 0.273. The standard InChI is InChI=1S/C14H16ClNO5/c1-4-20-13(17)14(2,3)21-11-7-5-10(6-8-11)9-12(15)16(18)19/h5-9H,4H2,1-3H3/b12-9+. The summed E-state index contributed by atoms with van der Waals surface area (Å²) in [5.41, 5.74) is -0.566. The summed E-state index contributed by atoms with van der Waals surface area (Å²) in [6.07, 6.45) is 1.22. The van der Waals surface area contributed by atoms with Gasteiger partial charge in [-0.25, -0.2) is 4.79 Å². The van der Waals surface area contributed by atoms with Gasteiger partial charge in [0.25, 0.3) is 0 Å². The lowest BCUT2D eigenvalue weighted by molar-refractivity contribution is -0.410. The lowest BCUT2D eigenvalue weighted by Crippen LogP contribution is -2.39. The van der Waals surface area contributed by atoms with E-state index >= 15 is 0 Å². The number of carbonyl (C=O) groups is 1. The Balaban J connectivity index is 2.82. The fourth-order valence-electron chi connectivity index (χ4n) is 1.46. The summed E-state index contributed by atoms with van der Waals surface area (Å²) in [4.78, 5) is 21.4. The number of hydrogen-bond acceptors (Lipinski definition) is 5. The van der Waals surface area contributed by atoms with Gasteiger partial charge >= 0.3 is 11.1 Å². The fourth-order valence-corrected chi connectivity index (χ4v) is 1.59. The van der Waals surface area contributed by atoms with Crippen molar-refractivity contribution in [2.75, 3.05) is 6.61 Å². The second kappa shape index (κ2) is 7.08. The number of carbonyl (C=O) groups excluding carboxylic acids is 1. The maximum absolute atomic E-state index is 11.7. The summed E-state index contributed by atoms with van der Waals surface area (Å²) in [5, 5.41) is 9.95. The molecule has 0 unspecified atom stereocenters. The third-order valence-corrected chi connectivity index (χ3v) is 2.73. The summed E-state index contributed by atoms with van der Waals surface area (Å²) in [6, 6.07) is 6.39. The van der Waals surface area contributed by atoms with Crippen LogP contribution in [0.25, 0.3) is 6.08 Å². The van der Waals surface area contributed by atoms with Crippen LogP contribution in [0.5, 0.6) is 5.75 Å². The van der Waals surface area contributed by atoms with Gasteiger partial charge in [-0.2, -0.15) is 0 Å². The SMILES string of the molecule is CCOC(=O)C(C)(C)Oc1ccc(/C=C(\Cl)[N+](=O)[O-])cc1. The average molecular weight is 314 g/mol. The molecule has 0 saturated heterocycles. The van der Waals surface area contributed by atoms with Crippen LogP contribution in [0.1, 0.15) is 26.3 Å². The van der Waals surface area contributed by atoms with E-state index < -0.39 is 21.6 Å². The van der Waals surface area contributed by atoms with E-state index in [4.69, 9.17) is 21.1 Å². The molecule has 1 aromatic carbocycles. The molecule has 0 aromatic heterocycles. The number of nitrogens with zero attached hydrogens (tertiary/aromatic N) is 1. The molecule has 1 aromatic rings. The third-order valence-electron chi connectivity index (χ3n) is 2.48. The number of benzene rings is 1. The van der Waals surface area contributed by atoms with E-state index in [1.54, 1.807) is 45.0 Å². The highest BCUT2D eigenvalue weighted by molar-refractivity contribution is 6.29. The monoisotopic (exact) mass is 313 g/mol. The molecule has 0 bridgehead atoms. The Morgan fingerprint density at radius 3 is 2.43 bits per heavy atom. The molecule has 7 heteroatoms. The zero-order valence-electron chi connectivity index (χ0n) is 12.0. The molecule has 0 spiro atoms. The molecular weight excluding hydrogens is 298 g/mol. The summed E-state index contributed by atoms with van der Waals surface area (Å²) >= 11 is 5.44. The predicted octanol–water partition coefficient (Wildman–Crippen LogP) is 3.22. The fraction of sp³-hybridized carbons (Fsp3) is 0.357. The molecule has 0 aliphatic heterocycles. The Morgan fingerprint density at radius 2 is 1.95 bits per heavy atom. The van der Waals surface area contributed by atoms with Gasteiger partial charge in [-0.1, -0.05) is 12.1 Å². The van der Waals surface area contributed by atoms with Crippen molar-refractivity contribution in [1.29, 1.82) is 0 Å². The molecular formula is C14H16ClNO5. The minimum atomic E-state index is -1.12. The van der Waals surface area contributed by atoms with Crippen LogP contribution < -0.4 is 4.74 Å². The van der Waals surface area contributed by atoms with E-state index in [2.05, 4.69) is 0 Å². The molecule has 21 heavy (non-hydrogen) atoms. The third kappa shape index (κ3) is 5.07. The van der Waals surface area contributed by atoms with Crippen molar-refractivity contribution in [3.8, 4) is 5.75 Å². The number of rotatable bonds is 6. The van der Waals surface area contributed by atoms with Gasteiger partial charge in [0.2, 0.25) is 0 Å². The van der Waals surface area contributed by atoms with Gasteiger partial charge in [-0.15, -0.1) is 0 Å². The molecule has 0 N–H and O–H groups in total. The second-order valence-corrected chi connectivity index (χ2v) is 5.01. The van der Waals surface area contributed by atoms with Crippen LogP contribution in [0.15, 0.2) is 29.4 Å². The molecule has 0 heterocycles. The van der Waals surface area contributed by atoms with E-state index in [-0.39, 0.29) is 6.61 Å². The summed E-state index contributed by atoms with van der Waals surface area (Å²) in [5.74, 6) is -0.0206. The molecule has 6 nitrogen and oxygen atoms in total. The lowest BCUT2D eigenvalue weighted by Gasteiger charge is -2.24. The number of esters is 1. The quantitative estimate of drug-likeness (QED) is 0.349. The first kappa shape index (κ1) is 17.0. The Hall–Kier alpha value is -2.08. The zero-order valence-corrected chi connectivity index (χ0v) is 12.7. The first-order valence-corrected chi connectivity index (χ1v) is 6.62. The van der Waals surface area contributed by atoms with E-state index in [1.807, 2.05) is 0 Å². The van der Waals surface area contributed by atoms with Crippen molar-refractivity contribution in [3.05, 3.63) is 45.1 Å². The Labute approximate surface area is 127 Å². The molecule has 0 atom stereocenters. The highest BCUT2D eigenvalue weighted by atomic mass is 35.5. The Morgan fingerprint density at radius 1 is 1.38 bits per heavy atom. The molecule has 0 saturated carbocycles. The molecule has 0 aliphatic carbocycles. The van der Waals surface area contributed by atoms with Crippen LogP contribution >= 0.6 is 11.6 Å². The van der Waals surface area contributed by atoms with Gasteiger partial charge in [0.1, 0.15) is 5.75 Å². The normalized spacial score (nSPS) is 11.9. The van der Waals surface area contributed by atoms with Crippen molar-refractivity contribution < 1.29 is 19.2 Å². The van der Waals surface area contributed by atoms with Gasteiger partial charge < -0.3 is 9.47 Å².